The fourth-order valence-electron chi connectivity index (χ4n) is 1.09. The van der Waals surface area contributed by atoms with Gasteiger partial charge in [-0.1, -0.05) is 17.7 Å². The highest BCUT2D eigenvalue weighted by Crippen LogP contribution is 2.24. The molecule has 1 amide bonds. The third-order valence-corrected chi connectivity index (χ3v) is 3.28. The van der Waals surface area contributed by atoms with Gasteiger partial charge in [-0.2, -0.15) is 0 Å². The first kappa shape index (κ1) is 13.1. The summed E-state index contributed by atoms with van der Waals surface area (Å²) in [4.78, 5) is 12.6. The molecule has 2 nitrogen and oxygen atoms in total. The Morgan fingerprint density at radius 1 is 1.56 bits per heavy atom. The largest absolute Gasteiger partial charge is 0.352 e. The quantitative estimate of drug-likeness (QED) is 0.647. The van der Waals surface area contributed by atoms with Crippen molar-refractivity contribution in [1.29, 1.82) is 0 Å². The predicted octanol–water partition coefficient (Wildman–Crippen LogP) is 3.12. The molecule has 4 heteroatoms. The van der Waals surface area contributed by atoms with Crippen molar-refractivity contribution in [3.8, 4) is 0 Å². The second-order valence-corrected chi connectivity index (χ2v) is 5.10. The molecule has 1 aromatic rings. The van der Waals surface area contributed by atoms with E-state index in [4.69, 9.17) is 11.6 Å². The normalized spacial score (nSPS) is 11.9. The van der Waals surface area contributed by atoms with Crippen molar-refractivity contribution in [2.45, 2.75) is 17.1 Å². The molecule has 0 aliphatic rings. The molecule has 1 atom stereocenters. The Labute approximate surface area is 105 Å². The van der Waals surface area contributed by atoms with Crippen LogP contribution in [0, 0.1) is 0 Å². The summed E-state index contributed by atoms with van der Waals surface area (Å²) in [7, 11) is 0. The summed E-state index contributed by atoms with van der Waals surface area (Å²) in [5, 5.41) is 3.34. The third kappa shape index (κ3) is 4.29. The molecule has 0 aliphatic heterocycles. The highest BCUT2D eigenvalue weighted by Gasteiger charge is 2.12. The van der Waals surface area contributed by atoms with E-state index in [0.717, 1.165) is 4.90 Å². The van der Waals surface area contributed by atoms with Crippen molar-refractivity contribution < 1.29 is 4.79 Å². The van der Waals surface area contributed by atoms with Crippen LogP contribution < -0.4 is 5.32 Å². The Hall–Kier alpha value is -0.930. The van der Waals surface area contributed by atoms with Gasteiger partial charge in [0, 0.05) is 16.5 Å². The zero-order chi connectivity index (χ0) is 12.0. The van der Waals surface area contributed by atoms with E-state index < -0.39 is 0 Å². The number of rotatable bonds is 5. The van der Waals surface area contributed by atoms with Crippen LogP contribution in [0.2, 0.25) is 5.02 Å². The minimum atomic E-state index is -0.124. The highest BCUT2D eigenvalue weighted by molar-refractivity contribution is 8.00. The predicted molar refractivity (Wildman–Crippen MR) is 70.0 cm³/mol. The second-order valence-electron chi connectivity index (χ2n) is 3.25. The van der Waals surface area contributed by atoms with E-state index in [0.29, 0.717) is 11.6 Å². The van der Waals surface area contributed by atoms with Gasteiger partial charge in [-0.05, 0) is 31.2 Å². The molecule has 0 saturated heterocycles. The van der Waals surface area contributed by atoms with Gasteiger partial charge in [-0.3, -0.25) is 4.79 Å². The number of amides is 1. The first-order valence-electron chi connectivity index (χ1n) is 4.94. The maximum Gasteiger partial charge on any atom is 0.233 e. The Morgan fingerprint density at radius 3 is 2.75 bits per heavy atom. The molecule has 1 rings (SSSR count). The topological polar surface area (TPSA) is 29.1 Å². The first-order chi connectivity index (χ1) is 7.63. The SMILES string of the molecule is C=CCNC(=O)[C@H](C)Sc1ccc(Cl)cc1. The number of nitrogens with one attached hydrogen (secondary N) is 1. The van der Waals surface area contributed by atoms with Crippen LogP contribution in [0.3, 0.4) is 0 Å². The molecule has 0 bridgehead atoms. The van der Waals surface area contributed by atoms with E-state index in [2.05, 4.69) is 11.9 Å². The molecule has 0 spiro atoms. The van der Waals surface area contributed by atoms with Crippen molar-refractivity contribution in [2.75, 3.05) is 6.54 Å². The van der Waals surface area contributed by atoms with Crippen LogP contribution in [0.1, 0.15) is 6.92 Å². The molecule has 16 heavy (non-hydrogen) atoms. The van der Waals surface area contributed by atoms with Crippen molar-refractivity contribution >= 4 is 29.3 Å². The summed E-state index contributed by atoms with van der Waals surface area (Å²) >= 11 is 7.29. The molecule has 0 aromatic heterocycles. The van der Waals surface area contributed by atoms with Crippen LogP contribution in [0.25, 0.3) is 0 Å². The Balaban J connectivity index is 2.50. The van der Waals surface area contributed by atoms with Gasteiger partial charge < -0.3 is 5.32 Å². The first-order valence-corrected chi connectivity index (χ1v) is 6.20. The van der Waals surface area contributed by atoms with Crippen LogP contribution >= 0.6 is 23.4 Å². The lowest BCUT2D eigenvalue weighted by Crippen LogP contribution is -2.30. The zero-order valence-electron chi connectivity index (χ0n) is 9.07. The molecule has 1 N–H and O–H groups in total. The molecule has 0 fully saturated rings. The summed E-state index contributed by atoms with van der Waals surface area (Å²) in [5.74, 6) is 0.0138. The van der Waals surface area contributed by atoms with Gasteiger partial charge in [-0.25, -0.2) is 0 Å². The number of halogens is 1. The summed E-state index contributed by atoms with van der Waals surface area (Å²) in [6, 6.07) is 7.45. The van der Waals surface area contributed by atoms with E-state index in [1.807, 2.05) is 31.2 Å². The van der Waals surface area contributed by atoms with Crippen LogP contribution in [-0.2, 0) is 4.79 Å². The molecule has 86 valence electrons. The number of hydrogen-bond donors (Lipinski definition) is 1. The van der Waals surface area contributed by atoms with Gasteiger partial charge in [0.05, 0.1) is 5.25 Å². The molecular weight excluding hydrogens is 242 g/mol. The van der Waals surface area contributed by atoms with Gasteiger partial charge in [0.25, 0.3) is 0 Å². The summed E-state index contributed by atoms with van der Waals surface area (Å²) in [5.41, 5.74) is 0. The molecule has 0 heterocycles. The molecule has 0 unspecified atom stereocenters. The van der Waals surface area contributed by atoms with Crippen molar-refractivity contribution in [2.24, 2.45) is 0 Å². The number of benzene rings is 1. The lowest BCUT2D eigenvalue weighted by molar-refractivity contribution is -0.120. The standard InChI is InChI=1S/C12H14ClNOS/c1-3-8-14-12(15)9(2)16-11-6-4-10(13)5-7-11/h3-7,9H,1,8H2,2H3,(H,14,15)/t9-/m0/s1. The van der Waals surface area contributed by atoms with Gasteiger partial charge in [0.15, 0.2) is 0 Å². The average molecular weight is 256 g/mol. The summed E-state index contributed by atoms with van der Waals surface area (Å²) in [6.07, 6.45) is 1.66. The van der Waals surface area contributed by atoms with Crippen LogP contribution in [0.15, 0.2) is 41.8 Å². The molecular formula is C12H14ClNOS. The highest BCUT2D eigenvalue weighted by atomic mass is 35.5. The van der Waals surface area contributed by atoms with Crippen molar-refractivity contribution in [3.63, 3.8) is 0 Å². The summed E-state index contributed by atoms with van der Waals surface area (Å²) < 4.78 is 0. The van der Waals surface area contributed by atoms with Crippen LogP contribution in [0.4, 0.5) is 0 Å². The molecule has 0 aliphatic carbocycles. The monoisotopic (exact) mass is 255 g/mol. The smallest absolute Gasteiger partial charge is 0.233 e. The maximum absolute atomic E-state index is 11.6. The second kappa shape index (κ2) is 6.61. The fraction of sp³-hybridized carbons (Fsp3) is 0.250. The average Bonchev–Trinajstić information content (AvgIpc) is 2.29. The van der Waals surface area contributed by atoms with Crippen LogP contribution in [0.5, 0.6) is 0 Å². The Bertz CT molecular complexity index is 364. The fourth-order valence-corrected chi connectivity index (χ4v) is 2.11. The molecule has 0 saturated carbocycles. The minimum absolute atomic E-state index is 0.0138. The van der Waals surface area contributed by atoms with E-state index in [-0.39, 0.29) is 11.2 Å². The number of carbonyl (C=O) groups excluding carboxylic acids is 1. The number of hydrogen-bond acceptors (Lipinski definition) is 2. The lowest BCUT2D eigenvalue weighted by atomic mass is 10.4. The van der Waals surface area contributed by atoms with Crippen LogP contribution in [-0.4, -0.2) is 17.7 Å². The van der Waals surface area contributed by atoms with E-state index in [1.165, 1.54) is 11.8 Å². The van der Waals surface area contributed by atoms with E-state index in [1.54, 1.807) is 6.08 Å². The van der Waals surface area contributed by atoms with Crippen molar-refractivity contribution in [3.05, 3.63) is 41.9 Å². The number of carbonyl (C=O) groups is 1. The Morgan fingerprint density at radius 2 is 2.19 bits per heavy atom. The lowest BCUT2D eigenvalue weighted by Gasteiger charge is -2.10. The van der Waals surface area contributed by atoms with E-state index in [9.17, 15) is 4.79 Å². The van der Waals surface area contributed by atoms with Gasteiger partial charge in [-0.15, -0.1) is 18.3 Å². The van der Waals surface area contributed by atoms with Gasteiger partial charge in [0.2, 0.25) is 5.91 Å². The minimum Gasteiger partial charge on any atom is -0.352 e. The molecule has 1 aromatic carbocycles. The third-order valence-electron chi connectivity index (χ3n) is 1.92. The van der Waals surface area contributed by atoms with Gasteiger partial charge >= 0.3 is 0 Å². The molecule has 0 radical (unpaired) electrons. The Kier molecular flexibility index (Phi) is 5.43. The van der Waals surface area contributed by atoms with E-state index >= 15 is 0 Å². The maximum atomic E-state index is 11.6. The zero-order valence-corrected chi connectivity index (χ0v) is 10.6. The summed E-state index contributed by atoms with van der Waals surface area (Å²) in [6.45, 7) is 5.93. The van der Waals surface area contributed by atoms with Gasteiger partial charge in [0.1, 0.15) is 0 Å². The van der Waals surface area contributed by atoms with Crippen molar-refractivity contribution in [1.82, 2.24) is 5.32 Å². The number of thioether (sulfide) groups is 1.